The summed E-state index contributed by atoms with van der Waals surface area (Å²) in [7, 11) is 0. The van der Waals surface area contributed by atoms with Crippen LogP contribution in [0.25, 0.3) is 0 Å². The van der Waals surface area contributed by atoms with Crippen LogP contribution >= 0.6 is 11.8 Å². The minimum absolute atomic E-state index is 0.0362. The summed E-state index contributed by atoms with van der Waals surface area (Å²) in [5, 5.41) is 2.81. The molecule has 88 valence electrons. The number of carbonyl (C=O) groups is 1. The fraction of sp³-hybridized carbons (Fsp3) is 0.417. The van der Waals surface area contributed by atoms with Crippen molar-refractivity contribution in [3.63, 3.8) is 0 Å². The van der Waals surface area contributed by atoms with Gasteiger partial charge >= 0.3 is 0 Å². The van der Waals surface area contributed by atoms with E-state index in [4.69, 9.17) is 5.73 Å². The molecule has 16 heavy (non-hydrogen) atoms. The van der Waals surface area contributed by atoms with E-state index in [0.29, 0.717) is 6.42 Å². The molecular formula is C12H18N2OS. The Hall–Kier alpha value is -1.00. The molecule has 0 spiro atoms. The van der Waals surface area contributed by atoms with Crippen molar-refractivity contribution in [2.24, 2.45) is 5.73 Å². The first kappa shape index (κ1) is 13.1. The minimum Gasteiger partial charge on any atom is -0.327 e. The van der Waals surface area contributed by atoms with Crippen LogP contribution in [-0.4, -0.2) is 17.7 Å². The van der Waals surface area contributed by atoms with Gasteiger partial charge in [-0.1, -0.05) is 6.92 Å². The average Bonchev–Trinajstić information content (AvgIpc) is 2.20. The number of benzene rings is 1. The van der Waals surface area contributed by atoms with Gasteiger partial charge in [0.2, 0.25) is 5.91 Å². The Kier molecular flexibility index (Phi) is 5.35. The average molecular weight is 238 g/mol. The quantitative estimate of drug-likeness (QED) is 0.775. The van der Waals surface area contributed by atoms with E-state index in [1.54, 1.807) is 11.8 Å². The van der Waals surface area contributed by atoms with Gasteiger partial charge in [-0.25, -0.2) is 0 Å². The van der Waals surface area contributed by atoms with Crippen molar-refractivity contribution in [1.29, 1.82) is 0 Å². The molecule has 0 heterocycles. The molecule has 1 aromatic rings. The highest BCUT2D eigenvalue weighted by atomic mass is 32.2. The summed E-state index contributed by atoms with van der Waals surface area (Å²) < 4.78 is 0. The van der Waals surface area contributed by atoms with Gasteiger partial charge in [0.25, 0.3) is 0 Å². The van der Waals surface area contributed by atoms with Gasteiger partial charge in [0.15, 0.2) is 0 Å². The highest BCUT2D eigenvalue weighted by Gasteiger charge is 2.05. The van der Waals surface area contributed by atoms with Crippen molar-refractivity contribution < 1.29 is 4.79 Å². The van der Waals surface area contributed by atoms with E-state index in [1.165, 1.54) is 4.90 Å². The number of amides is 1. The van der Waals surface area contributed by atoms with Crippen molar-refractivity contribution in [2.75, 3.05) is 11.1 Å². The molecule has 0 aliphatic carbocycles. The molecule has 0 aliphatic rings. The zero-order chi connectivity index (χ0) is 12.0. The third-order valence-electron chi connectivity index (χ3n) is 1.96. The van der Waals surface area contributed by atoms with Crippen LogP contribution in [0.3, 0.4) is 0 Å². The Bertz CT molecular complexity index is 335. The molecular weight excluding hydrogens is 220 g/mol. The van der Waals surface area contributed by atoms with Crippen LogP contribution in [-0.2, 0) is 4.79 Å². The summed E-state index contributed by atoms with van der Waals surface area (Å²) in [4.78, 5) is 12.7. The van der Waals surface area contributed by atoms with E-state index >= 15 is 0 Å². The molecule has 3 nitrogen and oxygen atoms in total. The Labute approximate surface area is 101 Å². The Morgan fingerprint density at radius 3 is 2.56 bits per heavy atom. The Morgan fingerprint density at radius 1 is 1.44 bits per heavy atom. The maximum Gasteiger partial charge on any atom is 0.225 e. The molecule has 1 rings (SSSR count). The molecule has 0 aliphatic heterocycles. The highest BCUT2D eigenvalue weighted by molar-refractivity contribution is 7.99. The third-order valence-corrected chi connectivity index (χ3v) is 2.85. The normalized spacial score (nSPS) is 12.2. The van der Waals surface area contributed by atoms with Crippen LogP contribution < -0.4 is 11.1 Å². The molecule has 4 heteroatoms. The third kappa shape index (κ3) is 4.68. The fourth-order valence-corrected chi connectivity index (χ4v) is 1.97. The first-order chi connectivity index (χ1) is 7.61. The minimum atomic E-state index is -0.102. The molecule has 1 unspecified atom stereocenters. The van der Waals surface area contributed by atoms with Crippen LogP contribution in [0.2, 0.25) is 0 Å². The monoisotopic (exact) mass is 238 g/mol. The predicted octanol–water partition coefficient (Wildman–Crippen LogP) is 2.47. The summed E-state index contributed by atoms with van der Waals surface area (Å²) in [6.45, 7) is 3.93. The van der Waals surface area contributed by atoms with E-state index in [-0.39, 0.29) is 11.9 Å². The maximum atomic E-state index is 11.4. The van der Waals surface area contributed by atoms with E-state index in [0.717, 1.165) is 11.4 Å². The molecule has 0 saturated carbocycles. The van der Waals surface area contributed by atoms with Gasteiger partial charge in [0.1, 0.15) is 0 Å². The van der Waals surface area contributed by atoms with Gasteiger partial charge in [-0.2, -0.15) is 0 Å². The predicted molar refractivity (Wildman–Crippen MR) is 69.7 cm³/mol. The highest BCUT2D eigenvalue weighted by Crippen LogP contribution is 2.19. The number of rotatable bonds is 5. The lowest BCUT2D eigenvalue weighted by Gasteiger charge is -2.07. The van der Waals surface area contributed by atoms with Gasteiger partial charge < -0.3 is 11.1 Å². The summed E-state index contributed by atoms with van der Waals surface area (Å²) in [6, 6.07) is 7.74. The van der Waals surface area contributed by atoms with E-state index < -0.39 is 0 Å². The van der Waals surface area contributed by atoms with Crippen molar-refractivity contribution in [3.8, 4) is 0 Å². The fourth-order valence-electron chi connectivity index (χ4n) is 1.31. The first-order valence-corrected chi connectivity index (χ1v) is 6.38. The standard InChI is InChI=1S/C12H18N2OS/c1-3-16-11-6-4-10(5-7-11)14-12(15)8-9(2)13/h4-7,9H,3,8,13H2,1-2H3,(H,14,15). The number of carbonyl (C=O) groups excluding carboxylic acids is 1. The summed E-state index contributed by atoms with van der Waals surface area (Å²) in [5.41, 5.74) is 6.37. The second-order valence-corrected chi connectivity index (χ2v) is 5.02. The summed E-state index contributed by atoms with van der Waals surface area (Å²) in [5.74, 6) is 1.02. The number of nitrogens with one attached hydrogen (secondary N) is 1. The maximum absolute atomic E-state index is 11.4. The van der Waals surface area contributed by atoms with E-state index in [1.807, 2.05) is 31.2 Å². The number of hydrogen-bond acceptors (Lipinski definition) is 3. The number of anilines is 1. The van der Waals surface area contributed by atoms with Crippen LogP contribution in [0.15, 0.2) is 29.2 Å². The zero-order valence-corrected chi connectivity index (χ0v) is 10.5. The van der Waals surface area contributed by atoms with E-state index in [2.05, 4.69) is 12.2 Å². The van der Waals surface area contributed by atoms with Crippen LogP contribution in [0.4, 0.5) is 5.69 Å². The molecule has 1 aromatic carbocycles. The van der Waals surface area contributed by atoms with Crippen molar-refractivity contribution in [3.05, 3.63) is 24.3 Å². The lowest BCUT2D eigenvalue weighted by molar-refractivity contribution is -0.116. The smallest absolute Gasteiger partial charge is 0.225 e. The molecule has 0 saturated heterocycles. The second kappa shape index (κ2) is 6.55. The number of nitrogens with two attached hydrogens (primary N) is 1. The molecule has 0 fully saturated rings. The van der Waals surface area contributed by atoms with Gasteiger partial charge in [-0.15, -0.1) is 11.8 Å². The van der Waals surface area contributed by atoms with Gasteiger partial charge in [0.05, 0.1) is 0 Å². The van der Waals surface area contributed by atoms with E-state index in [9.17, 15) is 4.79 Å². The second-order valence-electron chi connectivity index (χ2n) is 3.69. The number of thioether (sulfide) groups is 1. The molecule has 1 amide bonds. The lowest BCUT2D eigenvalue weighted by atomic mass is 10.2. The Balaban J connectivity index is 2.51. The Morgan fingerprint density at radius 2 is 2.06 bits per heavy atom. The first-order valence-electron chi connectivity index (χ1n) is 5.40. The zero-order valence-electron chi connectivity index (χ0n) is 9.69. The molecule has 0 radical (unpaired) electrons. The molecule has 1 atom stereocenters. The van der Waals surface area contributed by atoms with Crippen LogP contribution in [0.1, 0.15) is 20.3 Å². The molecule has 0 bridgehead atoms. The summed E-state index contributed by atoms with van der Waals surface area (Å²) in [6.07, 6.45) is 0.353. The topological polar surface area (TPSA) is 55.1 Å². The van der Waals surface area contributed by atoms with Gasteiger partial charge in [-0.05, 0) is 36.9 Å². The van der Waals surface area contributed by atoms with Gasteiger partial charge in [-0.3, -0.25) is 4.79 Å². The largest absolute Gasteiger partial charge is 0.327 e. The summed E-state index contributed by atoms with van der Waals surface area (Å²) >= 11 is 1.78. The van der Waals surface area contributed by atoms with Gasteiger partial charge in [0, 0.05) is 23.0 Å². The van der Waals surface area contributed by atoms with Crippen molar-refractivity contribution in [1.82, 2.24) is 0 Å². The number of hydrogen-bond donors (Lipinski definition) is 2. The van der Waals surface area contributed by atoms with Crippen molar-refractivity contribution >= 4 is 23.4 Å². The van der Waals surface area contributed by atoms with Crippen molar-refractivity contribution in [2.45, 2.75) is 31.2 Å². The van der Waals surface area contributed by atoms with Crippen LogP contribution in [0.5, 0.6) is 0 Å². The SMILES string of the molecule is CCSc1ccc(NC(=O)CC(C)N)cc1. The molecule has 3 N–H and O–H groups in total. The van der Waals surface area contributed by atoms with Crippen LogP contribution in [0, 0.1) is 0 Å². The lowest BCUT2D eigenvalue weighted by Crippen LogP contribution is -2.23. The molecule has 0 aromatic heterocycles.